The summed E-state index contributed by atoms with van der Waals surface area (Å²) in [5.41, 5.74) is 0.311. The Hall–Kier alpha value is -1.27. The minimum Gasteiger partial charge on any atom is -0.355 e. The van der Waals surface area contributed by atoms with Crippen LogP contribution in [0.2, 0.25) is 5.02 Å². The lowest BCUT2D eigenvalue weighted by atomic mass is 10.2. The van der Waals surface area contributed by atoms with E-state index in [9.17, 15) is 13.2 Å². The van der Waals surface area contributed by atoms with Gasteiger partial charge in [-0.2, -0.15) is 0 Å². The van der Waals surface area contributed by atoms with Crippen LogP contribution in [0.3, 0.4) is 0 Å². The lowest BCUT2D eigenvalue weighted by molar-refractivity contribution is -0.119. The fraction of sp³-hybridized carbons (Fsp3) is 0.500. The second-order valence-corrected chi connectivity index (χ2v) is 7.09. The summed E-state index contributed by atoms with van der Waals surface area (Å²) in [6.07, 6.45) is 4.03. The van der Waals surface area contributed by atoms with E-state index in [0.29, 0.717) is 17.3 Å². The number of amides is 1. The van der Waals surface area contributed by atoms with E-state index in [2.05, 4.69) is 12.2 Å². The van der Waals surface area contributed by atoms with E-state index in [1.54, 1.807) is 24.3 Å². The van der Waals surface area contributed by atoms with Gasteiger partial charge in [0.2, 0.25) is 15.9 Å². The fourth-order valence-electron chi connectivity index (χ4n) is 1.82. The van der Waals surface area contributed by atoms with Crippen LogP contribution in [0, 0.1) is 0 Å². The van der Waals surface area contributed by atoms with E-state index < -0.39 is 10.0 Å². The molecule has 0 unspecified atom stereocenters. The summed E-state index contributed by atoms with van der Waals surface area (Å²) in [6.45, 7) is 2.35. The largest absolute Gasteiger partial charge is 0.355 e. The summed E-state index contributed by atoms with van der Waals surface area (Å²) in [6, 6.07) is 6.55. The first-order chi connectivity index (χ1) is 9.86. The average Bonchev–Trinajstić information content (AvgIpc) is 2.41. The van der Waals surface area contributed by atoms with Gasteiger partial charge in [-0.05, 0) is 18.6 Å². The Morgan fingerprint density at radius 1 is 1.29 bits per heavy atom. The maximum Gasteiger partial charge on any atom is 0.240 e. The molecule has 0 saturated carbocycles. The second kappa shape index (κ2) is 8.24. The van der Waals surface area contributed by atoms with Crippen molar-refractivity contribution in [2.45, 2.75) is 26.2 Å². The summed E-state index contributed by atoms with van der Waals surface area (Å²) >= 11 is 6.02. The zero-order valence-electron chi connectivity index (χ0n) is 12.3. The van der Waals surface area contributed by atoms with Gasteiger partial charge in [-0.25, -0.2) is 8.42 Å². The normalized spacial score (nSPS) is 11.2. The predicted octanol–water partition coefficient (Wildman–Crippen LogP) is 2.41. The summed E-state index contributed by atoms with van der Waals surface area (Å²) < 4.78 is 24.8. The molecular formula is C14H21ClN2O3S. The van der Waals surface area contributed by atoms with Gasteiger partial charge in [-0.15, -0.1) is 0 Å². The SMILES string of the molecule is CCCCCNC(=O)CN(c1ccccc1Cl)S(C)(=O)=O. The standard InChI is InChI=1S/C14H21ClN2O3S/c1-3-4-7-10-16-14(18)11-17(21(2,19)20)13-9-6-5-8-12(13)15/h5-6,8-9H,3-4,7,10-11H2,1-2H3,(H,16,18). The molecule has 1 aromatic rings. The molecule has 5 nitrogen and oxygen atoms in total. The van der Waals surface area contributed by atoms with E-state index in [4.69, 9.17) is 11.6 Å². The summed E-state index contributed by atoms with van der Waals surface area (Å²) in [4.78, 5) is 11.9. The van der Waals surface area contributed by atoms with E-state index in [0.717, 1.165) is 29.8 Å². The van der Waals surface area contributed by atoms with E-state index in [1.807, 2.05) is 0 Å². The molecule has 0 aliphatic rings. The molecule has 1 rings (SSSR count). The third-order valence-corrected chi connectivity index (χ3v) is 4.36. The molecule has 0 spiro atoms. The summed E-state index contributed by atoms with van der Waals surface area (Å²) in [5.74, 6) is -0.337. The number of carbonyl (C=O) groups excluding carboxylic acids is 1. The number of rotatable bonds is 8. The van der Waals surface area contributed by atoms with Gasteiger partial charge in [0.1, 0.15) is 6.54 Å². The highest BCUT2D eigenvalue weighted by molar-refractivity contribution is 7.92. The minimum atomic E-state index is -3.58. The Bertz CT molecular complexity index is 575. The quantitative estimate of drug-likeness (QED) is 0.743. The molecule has 0 radical (unpaired) electrons. The summed E-state index contributed by atoms with van der Waals surface area (Å²) in [7, 11) is -3.58. The molecule has 1 aromatic carbocycles. The van der Waals surface area contributed by atoms with Crippen molar-refractivity contribution in [2.24, 2.45) is 0 Å². The average molecular weight is 333 g/mol. The van der Waals surface area contributed by atoms with Crippen molar-refractivity contribution in [1.29, 1.82) is 0 Å². The van der Waals surface area contributed by atoms with Crippen molar-refractivity contribution >= 4 is 33.2 Å². The zero-order valence-corrected chi connectivity index (χ0v) is 13.9. The molecule has 1 amide bonds. The molecule has 0 aromatic heterocycles. The fourth-order valence-corrected chi connectivity index (χ4v) is 2.98. The number of hydrogen-bond donors (Lipinski definition) is 1. The minimum absolute atomic E-state index is 0.269. The number of para-hydroxylation sites is 1. The molecule has 0 atom stereocenters. The van der Waals surface area contributed by atoms with Crippen LogP contribution in [0.1, 0.15) is 26.2 Å². The van der Waals surface area contributed by atoms with Gasteiger partial charge in [-0.1, -0.05) is 43.5 Å². The molecule has 1 N–H and O–H groups in total. The van der Waals surface area contributed by atoms with Gasteiger partial charge in [-0.3, -0.25) is 9.10 Å². The Kier molecular flexibility index (Phi) is 6.98. The molecule has 7 heteroatoms. The van der Waals surface area contributed by atoms with E-state index in [-0.39, 0.29) is 12.5 Å². The zero-order chi connectivity index (χ0) is 15.9. The van der Waals surface area contributed by atoms with E-state index >= 15 is 0 Å². The number of sulfonamides is 1. The Labute approximate surface area is 131 Å². The first-order valence-corrected chi connectivity index (χ1v) is 9.07. The second-order valence-electron chi connectivity index (χ2n) is 4.78. The molecular weight excluding hydrogens is 312 g/mol. The van der Waals surface area contributed by atoms with Crippen molar-refractivity contribution in [3.05, 3.63) is 29.3 Å². The van der Waals surface area contributed by atoms with Gasteiger partial charge in [0.25, 0.3) is 0 Å². The van der Waals surface area contributed by atoms with Crippen molar-refractivity contribution in [1.82, 2.24) is 5.32 Å². The highest BCUT2D eigenvalue weighted by Crippen LogP contribution is 2.26. The monoisotopic (exact) mass is 332 g/mol. The van der Waals surface area contributed by atoms with Crippen LogP contribution < -0.4 is 9.62 Å². The predicted molar refractivity (Wildman–Crippen MR) is 86.2 cm³/mol. The first-order valence-electron chi connectivity index (χ1n) is 6.85. The lowest BCUT2D eigenvalue weighted by Gasteiger charge is -2.22. The van der Waals surface area contributed by atoms with Crippen molar-refractivity contribution in [3.63, 3.8) is 0 Å². The van der Waals surface area contributed by atoms with Crippen LogP contribution in [0.5, 0.6) is 0 Å². The number of anilines is 1. The van der Waals surface area contributed by atoms with Crippen LogP contribution in [0.25, 0.3) is 0 Å². The highest BCUT2D eigenvalue weighted by Gasteiger charge is 2.22. The number of unbranched alkanes of at least 4 members (excludes halogenated alkanes) is 2. The summed E-state index contributed by atoms with van der Waals surface area (Å²) in [5, 5.41) is 3.01. The van der Waals surface area contributed by atoms with E-state index in [1.165, 1.54) is 0 Å². The number of carbonyl (C=O) groups is 1. The van der Waals surface area contributed by atoms with Crippen LogP contribution in [0.4, 0.5) is 5.69 Å². The molecule has 0 heterocycles. The number of nitrogens with one attached hydrogen (secondary N) is 1. The Morgan fingerprint density at radius 3 is 2.52 bits per heavy atom. The van der Waals surface area contributed by atoms with Gasteiger partial charge in [0.05, 0.1) is 17.0 Å². The molecule has 21 heavy (non-hydrogen) atoms. The Balaban J connectivity index is 2.78. The number of hydrogen-bond acceptors (Lipinski definition) is 3. The third kappa shape index (κ3) is 5.93. The molecule has 118 valence electrons. The molecule has 0 fully saturated rings. The van der Waals surface area contributed by atoms with Crippen molar-refractivity contribution in [3.8, 4) is 0 Å². The van der Waals surface area contributed by atoms with Gasteiger partial charge in [0, 0.05) is 6.54 Å². The highest BCUT2D eigenvalue weighted by atomic mass is 35.5. The molecule has 0 saturated heterocycles. The first kappa shape index (κ1) is 17.8. The Morgan fingerprint density at radius 2 is 1.95 bits per heavy atom. The maximum atomic E-state index is 11.9. The van der Waals surface area contributed by atoms with Crippen molar-refractivity contribution in [2.75, 3.05) is 23.7 Å². The number of benzene rings is 1. The van der Waals surface area contributed by atoms with Crippen molar-refractivity contribution < 1.29 is 13.2 Å². The topological polar surface area (TPSA) is 66.5 Å². The number of nitrogens with zero attached hydrogens (tertiary/aromatic N) is 1. The molecule has 0 aliphatic carbocycles. The van der Waals surface area contributed by atoms with Gasteiger partial charge < -0.3 is 5.32 Å². The maximum absolute atomic E-state index is 11.9. The smallest absolute Gasteiger partial charge is 0.240 e. The van der Waals surface area contributed by atoms with Crippen LogP contribution >= 0.6 is 11.6 Å². The van der Waals surface area contributed by atoms with Crippen LogP contribution in [-0.2, 0) is 14.8 Å². The molecule has 0 aliphatic heterocycles. The van der Waals surface area contributed by atoms with Gasteiger partial charge in [0.15, 0.2) is 0 Å². The van der Waals surface area contributed by atoms with Gasteiger partial charge >= 0.3 is 0 Å². The van der Waals surface area contributed by atoms with Crippen LogP contribution in [-0.4, -0.2) is 33.7 Å². The van der Waals surface area contributed by atoms with Crippen LogP contribution in [0.15, 0.2) is 24.3 Å². The molecule has 0 bridgehead atoms. The third-order valence-electron chi connectivity index (χ3n) is 2.91. The lowest BCUT2D eigenvalue weighted by Crippen LogP contribution is -2.40. The number of halogens is 1.